The van der Waals surface area contributed by atoms with E-state index < -0.39 is 0 Å². The zero-order valence-corrected chi connectivity index (χ0v) is 9.79. The first kappa shape index (κ1) is 10.9. The Kier molecular flexibility index (Phi) is 3.08. The van der Waals surface area contributed by atoms with Crippen LogP contribution in [0.3, 0.4) is 0 Å². The van der Waals surface area contributed by atoms with Gasteiger partial charge in [-0.15, -0.1) is 0 Å². The fourth-order valence-electron chi connectivity index (χ4n) is 1.77. The minimum absolute atomic E-state index is 0.00572. The summed E-state index contributed by atoms with van der Waals surface area (Å²) in [5.41, 5.74) is 2.02. The molecule has 1 N–H and O–H groups in total. The molecule has 1 aromatic heterocycles. The highest BCUT2D eigenvalue weighted by atomic mass is 16.1. The van der Waals surface area contributed by atoms with E-state index in [1.807, 2.05) is 6.92 Å². The SMILES string of the molecule is CNc1cnc(C)n(CC=C2CCC2)c1=O. The molecule has 0 radical (unpaired) electrons. The van der Waals surface area contributed by atoms with E-state index in [1.54, 1.807) is 17.8 Å². The van der Waals surface area contributed by atoms with Crippen molar-refractivity contribution in [1.82, 2.24) is 9.55 Å². The molecule has 86 valence electrons. The lowest BCUT2D eigenvalue weighted by atomic mass is 9.92. The van der Waals surface area contributed by atoms with Gasteiger partial charge in [-0.05, 0) is 26.2 Å². The molecule has 4 heteroatoms. The number of anilines is 1. The zero-order chi connectivity index (χ0) is 11.5. The molecule has 0 amide bonds. The van der Waals surface area contributed by atoms with Crippen molar-refractivity contribution in [3.05, 3.63) is 34.0 Å². The molecule has 1 saturated carbocycles. The van der Waals surface area contributed by atoms with Gasteiger partial charge in [-0.2, -0.15) is 0 Å². The molecule has 4 nitrogen and oxygen atoms in total. The molecule has 0 aromatic carbocycles. The van der Waals surface area contributed by atoms with Gasteiger partial charge in [0.05, 0.1) is 6.20 Å². The molecule has 16 heavy (non-hydrogen) atoms. The maximum atomic E-state index is 12.0. The van der Waals surface area contributed by atoms with Gasteiger partial charge < -0.3 is 5.32 Å². The number of rotatable bonds is 3. The van der Waals surface area contributed by atoms with Crippen LogP contribution >= 0.6 is 0 Å². The van der Waals surface area contributed by atoms with Gasteiger partial charge in [0.2, 0.25) is 0 Å². The minimum Gasteiger partial charge on any atom is -0.382 e. The van der Waals surface area contributed by atoms with Crippen molar-refractivity contribution in [3.8, 4) is 0 Å². The molecular weight excluding hydrogens is 202 g/mol. The van der Waals surface area contributed by atoms with Gasteiger partial charge in [-0.25, -0.2) is 4.98 Å². The van der Waals surface area contributed by atoms with Crippen molar-refractivity contribution in [3.63, 3.8) is 0 Å². The van der Waals surface area contributed by atoms with Gasteiger partial charge in [0, 0.05) is 13.6 Å². The third kappa shape index (κ3) is 2.01. The number of nitrogens with one attached hydrogen (secondary N) is 1. The Balaban J connectivity index is 2.28. The first-order valence-electron chi connectivity index (χ1n) is 5.64. The topological polar surface area (TPSA) is 46.9 Å². The van der Waals surface area contributed by atoms with Crippen LogP contribution in [0.1, 0.15) is 25.1 Å². The quantitative estimate of drug-likeness (QED) is 0.787. The lowest BCUT2D eigenvalue weighted by molar-refractivity contribution is 0.638. The summed E-state index contributed by atoms with van der Waals surface area (Å²) in [6.07, 6.45) is 7.40. The van der Waals surface area contributed by atoms with E-state index in [0.29, 0.717) is 12.2 Å². The predicted octanol–water partition coefficient (Wildman–Crippen LogP) is 1.70. The van der Waals surface area contributed by atoms with Crippen LogP contribution in [0, 0.1) is 6.92 Å². The fourth-order valence-corrected chi connectivity index (χ4v) is 1.77. The van der Waals surface area contributed by atoms with Crippen LogP contribution in [-0.2, 0) is 6.54 Å². The van der Waals surface area contributed by atoms with Gasteiger partial charge in [0.25, 0.3) is 5.56 Å². The number of allylic oxidation sites excluding steroid dienone is 2. The Morgan fingerprint density at radius 2 is 2.31 bits per heavy atom. The second kappa shape index (κ2) is 4.51. The van der Waals surface area contributed by atoms with Gasteiger partial charge in [-0.1, -0.05) is 11.6 Å². The summed E-state index contributed by atoms with van der Waals surface area (Å²) in [5, 5.41) is 2.86. The molecule has 0 unspecified atom stereocenters. The minimum atomic E-state index is 0.00572. The smallest absolute Gasteiger partial charge is 0.277 e. The average Bonchev–Trinajstić information content (AvgIpc) is 2.20. The summed E-state index contributed by atoms with van der Waals surface area (Å²) in [6, 6.07) is 0. The van der Waals surface area contributed by atoms with E-state index >= 15 is 0 Å². The monoisotopic (exact) mass is 219 g/mol. The van der Waals surface area contributed by atoms with Gasteiger partial charge >= 0.3 is 0 Å². The second-order valence-corrected chi connectivity index (χ2v) is 4.10. The highest BCUT2D eigenvalue weighted by Crippen LogP contribution is 2.24. The lowest BCUT2D eigenvalue weighted by Gasteiger charge is -2.17. The van der Waals surface area contributed by atoms with Crippen LogP contribution in [0.25, 0.3) is 0 Å². The van der Waals surface area contributed by atoms with Crippen molar-refractivity contribution >= 4 is 5.69 Å². The molecule has 1 heterocycles. The van der Waals surface area contributed by atoms with Crippen LogP contribution in [0.15, 0.2) is 22.6 Å². The summed E-state index contributed by atoms with van der Waals surface area (Å²) in [7, 11) is 1.74. The van der Waals surface area contributed by atoms with Crippen molar-refractivity contribution in [2.75, 3.05) is 12.4 Å². The summed E-state index contributed by atoms with van der Waals surface area (Å²) >= 11 is 0. The third-order valence-corrected chi connectivity index (χ3v) is 3.07. The number of nitrogens with zero attached hydrogens (tertiary/aromatic N) is 2. The van der Waals surface area contributed by atoms with E-state index in [-0.39, 0.29) is 5.56 Å². The third-order valence-electron chi connectivity index (χ3n) is 3.07. The van der Waals surface area contributed by atoms with Gasteiger partial charge in [0.1, 0.15) is 11.5 Å². The van der Waals surface area contributed by atoms with Crippen LogP contribution in [0.2, 0.25) is 0 Å². The Labute approximate surface area is 95.0 Å². The first-order valence-corrected chi connectivity index (χ1v) is 5.64. The summed E-state index contributed by atoms with van der Waals surface area (Å²) in [4.78, 5) is 16.2. The summed E-state index contributed by atoms with van der Waals surface area (Å²) in [6.45, 7) is 2.50. The lowest BCUT2D eigenvalue weighted by Crippen LogP contribution is -2.25. The predicted molar refractivity (Wildman–Crippen MR) is 64.7 cm³/mol. The highest BCUT2D eigenvalue weighted by Gasteiger charge is 2.09. The normalized spacial score (nSPS) is 14.5. The van der Waals surface area contributed by atoms with Crippen LogP contribution in [0.4, 0.5) is 5.69 Å². The van der Waals surface area contributed by atoms with Crippen LogP contribution in [0.5, 0.6) is 0 Å². The number of aryl methyl sites for hydroxylation is 1. The van der Waals surface area contributed by atoms with E-state index in [4.69, 9.17) is 0 Å². The molecule has 2 rings (SSSR count). The van der Waals surface area contributed by atoms with Crippen LogP contribution < -0.4 is 10.9 Å². The molecular formula is C12H17N3O. The van der Waals surface area contributed by atoms with Crippen molar-refractivity contribution < 1.29 is 0 Å². The largest absolute Gasteiger partial charge is 0.382 e. The molecule has 1 aliphatic carbocycles. The Bertz CT molecular complexity index is 468. The first-order chi connectivity index (χ1) is 7.72. The molecule has 0 saturated heterocycles. The second-order valence-electron chi connectivity index (χ2n) is 4.10. The maximum Gasteiger partial charge on any atom is 0.277 e. The molecule has 0 bridgehead atoms. The van der Waals surface area contributed by atoms with E-state index in [0.717, 1.165) is 5.82 Å². The number of hydrogen-bond donors (Lipinski definition) is 1. The highest BCUT2D eigenvalue weighted by molar-refractivity contribution is 5.37. The van der Waals surface area contributed by atoms with E-state index in [2.05, 4.69) is 16.4 Å². The van der Waals surface area contributed by atoms with Crippen LogP contribution in [-0.4, -0.2) is 16.6 Å². The van der Waals surface area contributed by atoms with Crippen molar-refractivity contribution in [2.24, 2.45) is 0 Å². The van der Waals surface area contributed by atoms with E-state index in [9.17, 15) is 4.79 Å². The number of aromatic nitrogens is 2. The fraction of sp³-hybridized carbons (Fsp3) is 0.500. The van der Waals surface area contributed by atoms with Crippen molar-refractivity contribution in [1.29, 1.82) is 0 Å². The average molecular weight is 219 g/mol. The van der Waals surface area contributed by atoms with Crippen molar-refractivity contribution in [2.45, 2.75) is 32.7 Å². The molecule has 0 atom stereocenters. The molecule has 1 aliphatic rings. The molecule has 1 aromatic rings. The standard InChI is InChI=1S/C12H17N3O/c1-9-14-8-11(13-2)12(16)15(9)7-6-10-4-3-5-10/h6,8,13H,3-5,7H2,1-2H3. The molecule has 0 spiro atoms. The Hall–Kier alpha value is -1.58. The Morgan fingerprint density at radius 3 is 2.88 bits per heavy atom. The summed E-state index contributed by atoms with van der Waals surface area (Å²) < 4.78 is 1.71. The Morgan fingerprint density at radius 1 is 1.56 bits per heavy atom. The van der Waals surface area contributed by atoms with Gasteiger partial charge in [-0.3, -0.25) is 9.36 Å². The maximum absolute atomic E-state index is 12.0. The summed E-state index contributed by atoms with van der Waals surface area (Å²) in [5.74, 6) is 0.764. The number of hydrogen-bond acceptors (Lipinski definition) is 3. The van der Waals surface area contributed by atoms with E-state index in [1.165, 1.54) is 24.8 Å². The zero-order valence-electron chi connectivity index (χ0n) is 9.79. The van der Waals surface area contributed by atoms with Gasteiger partial charge in [0.15, 0.2) is 0 Å². The molecule has 1 fully saturated rings. The molecule has 0 aliphatic heterocycles.